The van der Waals surface area contributed by atoms with Gasteiger partial charge in [0.25, 0.3) is 0 Å². The van der Waals surface area contributed by atoms with Crippen molar-refractivity contribution in [1.29, 1.82) is 0 Å². The highest BCUT2D eigenvalue weighted by molar-refractivity contribution is 7.92. The van der Waals surface area contributed by atoms with E-state index in [1.165, 1.54) is 19.1 Å². The maximum Gasteiger partial charge on any atom is 0.235 e. The first-order valence-corrected chi connectivity index (χ1v) is 7.25. The van der Waals surface area contributed by atoms with Gasteiger partial charge in [0, 0.05) is 0 Å². The number of rotatable bonds is 3. The summed E-state index contributed by atoms with van der Waals surface area (Å²) < 4.78 is 24.1. The number of primary amides is 1. The normalized spacial score (nSPS) is 14.2. The number of amides is 1. The van der Waals surface area contributed by atoms with E-state index in [9.17, 15) is 13.2 Å². The van der Waals surface area contributed by atoms with Crippen LogP contribution >= 0.6 is 0 Å². The molecule has 18 heavy (non-hydrogen) atoms. The third-order valence-electron chi connectivity index (χ3n) is 2.91. The number of hydrogen-bond acceptors (Lipinski definition) is 3. The minimum absolute atomic E-state index is 0.0441. The minimum atomic E-state index is -3.68. The van der Waals surface area contributed by atoms with Crippen molar-refractivity contribution in [2.75, 3.05) is 0 Å². The number of benzene rings is 1. The molecule has 0 saturated heterocycles. The zero-order valence-corrected chi connectivity index (χ0v) is 11.9. The van der Waals surface area contributed by atoms with Crippen LogP contribution in [-0.2, 0) is 20.0 Å². The van der Waals surface area contributed by atoms with Gasteiger partial charge in [0.2, 0.25) is 5.91 Å². The van der Waals surface area contributed by atoms with Crippen LogP contribution in [0.15, 0.2) is 29.2 Å². The molecule has 0 radical (unpaired) electrons. The fourth-order valence-electron chi connectivity index (χ4n) is 1.50. The Morgan fingerprint density at radius 2 is 1.61 bits per heavy atom. The highest BCUT2D eigenvalue weighted by Gasteiger charge is 2.28. The monoisotopic (exact) mass is 269 g/mol. The summed E-state index contributed by atoms with van der Waals surface area (Å²) in [5, 5.41) is -1.21. The molecule has 0 saturated carbocycles. The van der Waals surface area contributed by atoms with Crippen LogP contribution in [0.4, 0.5) is 0 Å². The van der Waals surface area contributed by atoms with E-state index < -0.39 is 21.0 Å². The molecule has 1 rings (SSSR count). The SMILES string of the molecule is C[C@@H](C(N)=O)S(=O)(=O)c1ccc(C(C)(C)C)cc1. The molecule has 4 nitrogen and oxygen atoms in total. The first-order valence-electron chi connectivity index (χ1n) is 5.70. The van der Waals surface area contributed by atoms with Crippen LogP contribution in [0.25, 0.3) is 0 Å². The molecule has 100 valence electrons. The first-order chi connectivity index (χ1) is 8.06. The summed E-state index contributed by atoms with van der Waals surface area (Å²) in [7, 11) is -3.68. The summed E-state index contributed by atoms with van der Waals surface area (Å²) in [6, 6.07) is 6.58. The van der Waals surface area contributed by atoms with Gasteiger partial charge in [-0.3, -0.25) is 4.79 Å². The van der Waals surface area contributed by atoms with Crippen LogP contribution in [0.3, 0.4) is 0 Å². The highest BCUT2D eigenvalue weighted by Crippen LogP contribution is 2.24. The minimum Gasteiger partial charge on any atom is -0.369 e. The predicted octanol–water partition coefficient (Wildman–Crippen LogP) is 1.63. The third-order valence-corrected chi connectivity index (χ3v) is 5.01. The Hall–Kier alpha value is -1.36. The Morgan fingerprint density at radius 3 is 1.94 bits per heavy atom. The molecule has 0 aliphatic rings. The van der Waals surface area contributed by atoms with Crippen molar-refractivity contribution in [3.63, 3.8) is 0 Å². The highest BCUT2D eigenvalue weighted by atomic mass is 32.2. The van der Waals surface area contributed by atoms with Crippen LogP contribution in [-0.4, -0.2) is 19.6 Å². The fraction of sp³-hybridized carbons (Fsp3) is 0.462. The molecular weight excluding hydrogens is 250 g/mol. The number of carbonyl (C=O) groups is 1. The van der Waals surface area contributed by atoms with Crippen molar-refractivity contribution >= 4 is 15.7 Å². The summed E-state index contributed by atoms with van der Waals surface area (Å²) in [6.07, 6.45) is 0. The van der Waals surface area contributed by atoms with E-state index >= 15 is 0 Å². The lowest BCUT2D eigenvalue weighted by Crippen LogP contribution is -2.33. The number of carbonyl (C=O) groups excluding carboxylic acids is 1. The van der Waals surface area contributed by atoms with Gasteiger partial charge in [-0.1, -0.05) is 32.9 Å². The van der Waals surface area contributed by atoms with Crippen molar-refractivity contribution in [3.05, 3.63) is 29.8 Å². The van der Waals surface area contributed by atoms with E-state index in [4.69, 9.17) is 5.73 Å². The van der Waals surface area contributed by atoms with Crippen molar-refractivity contribution in [2.24, 2.45) is 5.73 Å². The standard InChI is InChI=1S/C13H19NO3S/c1-9(12(14)15)18(16,17)11-7-5-10(6-8-11)13(2,3)4/h5-9H,1-4H3,(H2,14,15)/t9-/m0/s1. The molecule has 0 heterocycles. The van der Waals surface area contributed by atoms with E-state index in [-0.39, 0.29) is 10.3 Å². The number of nitrogens with two attached hydrogens (primary N) is 1. The molecule has 0 bridgehead atoms. The molecule has 2 N–H and O–H groups in total. The van der Waals surface area contributed by atoms with E-state index in [1.54, 1.807) is 12.1 Å². The quantitative estimate of drug-likeness (QED) is 0.906. The van der Waals surface area contributed by atoms with Crippen LogP contribution in [0.5, 0.6) is 0 Å². The third kappa shape index (κ3) is 2.90. The molecule has 1 atom stereocenters. The van der Waals surface area contributed by atoms with Crippen LogP contribution in [0.2, 0.25) is 0 Å². The molecular formula is C13H19NO3S. The average Bonchev–Trinajstić information content (AvgIpc) is 2.26. The molecule has 0 aliphatic heterocycles. The lowest BCUT2D eigenvalue weighted by atomic mass is 9.87. The van der Waals surface area contributed by atoms with E-state index in [2.05, 4.69) is 0 Å². The Bertz CT molecular complexity index is 539. The average molecular weight is 269 g/mol. The molecule has 1 aromatic carbocycles. The molecule has 5 heteroatoms. The molecule has 0 fully saturated rings. The number of hydrogen-bond donors (Lipinski definition) is 1. The lowest BCUT2D eigenvalue weighted by Gasteiger charge is -2.19. The molecule has 1 aromatic rings. The molecule has 0 spiro atoms. The van der Waals surface area contributed by atoms with Gasteiger partial charge in [0.1, 0.15) is 5.25 Å². The van der Waals surface area contributed by atoms with Crippen LogP contribution in [0, 0.1) is 0 Å². The summed E-state index contributed by atoms with van der Waals surface area (Å²) in [5.41, 5.74) is 6.03. The van der Waals surface area contributed by atoms with E-state index in [0.717, 1.165) is 5.56 Å². The van der Waals surface area contributed by atoms with Crippen molar-refractivity contribution in [1.82, 2.24) is 0 Å². The van der Waals surface area contributed by atoms with Gasteiger partial charge >= 0.3 is 0 Å². The Kier molecular flexibility index (Phi) is 3.86. The Labute approximate surface area is 108 Å². The largest absolute Gasteiger partial charge is 0.369 e. The van der Waals surface area contributed by atoms with Gasteiger partial charge in [0.05, 0.1) is 4.90 Å². The summed E-state index contributed by atoms with van der Waals surface area (Å²) >= 11 is 0. The van der Waals surface area contributed by atoms with Gasteiger partial charge in [-0.25, -0.2) is 8.42 Å². The van der Waals surface area contributed by atoms with Crippen molar-refractivity contribution < 1.29 is 13.2 Å². The maximum absolute atomic E-state index is 12.0. The summed E-state index contributed by atoms with van der Waals surface area (Å²) in [4.78, 5) is 11.1. The second-order valence-corrected chi connectivity index (χ2v) is 7.63. The van der Waals surface area contributed by atoms with E-state index in [1.807, 2.05) is 20.8 Å². The number of sulfone groups is 1. The fourth-order valence-corrected chi connectivity index (χ4v) is 2.73. The summed E-state index contributed by atoms with van der Waals surface area (Å²) in [6.45, 7) is 7.43. The zero-order chi connectivity index (χ0) is 14.1. The van der Waals surface area contributed by atoms with Gasteiger partial charge in [0.15, 0.2) is 9.84 Å². The topological polar surface area (TPSA) is 77.2 Å². The van der Waals surface area contributed by atoms with Crippen LogP contribution in [0.1, 0.15) is 33.3 Å². The Balaban J connectivity index is 3.17. The lowest BCUT2D eigenvalue weighted by molar-refractivity contribution is -0.117. The second-order valence-electron chi connectivity index (χ2n) is 5.36. The molecule has 0 aromatic heterocycles. The summed E-state index contributed by atoms with van der Waals surface area (Å²) in [5.74, 6) is -0.838. The zero-order valence-electron chi connectivity index (χ0n) is 11.1. The first kappa shape index (κ1) is 14.7. The van der Waals surface area contributed by atoms with E-state index in [0.29, 0.717) is 0 Å². The molecule has 0 unspecified atom stereocenters. The Morgan fingerprint density at radius 1 is 1.17 bits per heavy atom. The maximum atomic E-state index is 12.0. The van der Waals surface area contributed by atoms with Gasteiger partial charge in [-0.2, -0.15) is 0 Å². The molecule has 0 aliphatic carbocycles. The predicted molar refractivity (Wildman–Crippen MR) is 71.0 cm³/mol. The van der Waals surface area contributed by atoms with Crippen molar-refractivity contribution in [3.8, 4) is 0 Å². The molecule has 1 amide bonds. The van der Waals surface area contributed by atoms with Gasteiger partial charge < -0.3 is 5.73 Å². The smallest absolute Gasteiger partial charge is 0.235 e. The van der Waals surface area contributed by atoms with Gasteiger partial charge in [-0.05, 0) is 30.0 Å². The van der Waals surface area contributed by atoms with Gasteiger partial charge in [-0.15, -0.1) is 0 Å². The van der Waals surface area contributed by atoms with Crippen LogP contribution < -0.4 is 5.73 Å². The van der Waals surface area contributed by atoms with Crippen molar-refractivity contribution in [2.45, 2.75) is 43.3 Å². The second kappa shape index (κ2) is 4.72.